The van der Waals surface area contributed by atoms with Crippen LogP contribution >= 0.6 is 11.5 Å². The zero-order valence-corrected chi connectivity index (χ0v) is 11.8. The molecule has 0 bridgehead atoms. The first-order valence-electron chi connectivity index (χ1n) is 6.58. The molecule has 1 heterocycles. The van der Waals surface area contributed by atoms with Crippen LogP contribution in [0.25, 0.3) is 0 Å². The zero-order valence-electron chi connectivity index (χ0n) is 11.0. The van der Waals surface area contributed by atoms with Gasteiger partial charge in [0, 0.05) is 11.6 Å². The molecule has 0 radical (unpaired) electrons. The summed E-state index contributed by atoms with van der Waals surface area (Å²) < 4.78 is 4.21. The van der Waals surface area contributed by atoms with Gasteiger partial charge in [0.05, 0.1) is 0 Å². The van der Waals surface area contributed by atoms with Crippen LogP contribution in [0, 0.1) is 18.8 Å². The lowest BCUT2D eigenvalue weighted by Crippen LogP contribution is -2.35. The molecule has 1 aromatic heterocycles. The van der Waals surface area contributed by atoms with Crippen LogP contribution < -0.4 is 11.1 Å². The van der Waals surface area contributed by atoms with E-state index in [4.69, 9.17) is 5.73 Å². The average Bonchev–Trinajstić information content (AvgIpc) is 2.61. The van der Waals surface area contributed by atoms with Crippen LogP contribution in [-0.2, 0) is 0 Å². The molecule has 1 aliphatic carbocycles. The maximum Gasteiger partial charge on any atom is 0.142 e. The molecule has 4 heteroatoms. The Hall–Kier alpha value is -0.770. The molecule has 0 saturated heterocycles. The molecule has 2 rings (SSSR count). The smallest absolute Gasteiger partial charge is 0.142 e. The Balaban J connectivity index is 2.08. The number of rotatable bonds is 3. The molecule has 1 fully saturated rings. The Morgan fingerprint density at radius 3 is 2.65 bits per heavy atom. The van der Waals surface area contributed by atoms with Gasteiger partial charge in [-0.2, -0.15) is 4.37 Å². The van der Waals surface area contributed by atoms with Gasteiger partial charge in [0.15, 0.2) is 0 Å². The minimum absolute atomic E-state index is 0.599. The summed E-state index contributed by atoms with van der Waals surface area (Å²) in [6.07, 6.45) is 5.35. The minimum atomic E-state index is 0.599. The number of nitrogen functional groups attached to an aromatic ring is 1. The highest BCUT2D eigenvalue weighted by atomic mass is 32.1. The lowest BCUT2D eigenvalue weighted by atomic mass is 9.78. The molecule has 2 unspecified atom stereocenters. The van der Waals surface area contributed by atoms with Crippen LogP contribution in [0.4, 0.5) is 10.8 Å². The maximum atomic E-state index is 5.80. The summed E-state index contributed by atoms with van der Waals surface area (Å²) in [4.78, 5) is 0. The van der Waals surface area contributed by atoms with Crippen molar-refractivity contribution in [3.63, 3.8) is 0 Å². The number of hydrogen-bond acceptors (Lipinski definition) is 4. The quantitative estimate of drug-likeness (QED) is 0.864. The summed E-state index contributed by atoms with van der Waals surface area (Å²) in [5.41, 5.74) is 6.91. The molecular formula is C13H23N3S. The molecule has 1 saturated carbocycles. The number of aromatic nitrogens is 1. The van der Waals surface area contributed by atoms with Gasteiger partial charge in [0.1, 0.15) is 10.8 Å². The summed E-state index contributed by atoms with van der Waals surface area (Å²) in [5.74, 6) is 2.21. The molecule has 2 atom stereocenters. The molecule has 0 spiro atoms. The Morgan fingerprint density at radius 1 is 1.35 bits per heavy atom. The second-order valence-electron chi connectivity index (χ2n) is 5.47. The molecule has 1 aliphatic rings. The molecule has 3 nitrogen and oxygen atoms in total. The Bertz CT molecular complexity index is 373. The van der Waals surface area contributed by atoms with E-state index in [0.29, 0.717) is 11.9 Å². The largest absolute Gasteiger partial charge is 0.383 e. The van der Waals surface area contributed by atoms with E-state index in [0.717, 1.165) is 17.4 Å². The van der Waals surface area contributed by atoms with Gasteiger partial charge in [-0.1, -0.05) is 26.7 Å². The molecule has 0 aromatic carbocycles. The van der Waals surface area contributed by atoms with Crippen LogP contribution in [0.5, 0.6) is 0 Å². The molecule has 17 heavy (non-hydrogen) atoms. The number of nitrogens with two attached hydrogens (primary N) is 1. The van der Waals surface area contributed by atoms with Crippen molar-refractivity contribution in [2.24, 2.45) is 11.8 Å². The summed E-state index contributed by atoms with van der Waals surface area (Å²) in [6, 6.07) is 0.599. The van der Waals surface area contributed by atoms with Crippen molar-refractivity contribution in [3.8, 4) is 0 Å². The van der Waals surface area contributed by atoms with Gasteiger partial charge in [0.2, 0.25) is 0 Å². The highest BCUT2D eigenvalue weighted by molar-refractivity contribution is 7.10. The topological polar surface area (TPSA) is 50.9 Å². The van der Waals surface area contributed by atoms with E-state index < -0.39 is 0 Å². The van der Waals surface area contributed by atoms with E-state index in [1.54, 1.807) is 0 Å². The first-order valence-corrected chi connectivity index (χ1v) is 7.35. The van der Waals surface area contributed by atoms with Crippen molar-refractivity contribution in [3.05, 3.63) is 5.56 Å². The third kappa shape index (κ3) is 2.73. The second-order valence-corrected chi connectivity index (χ2v) is 6.24. The summed E-state index contributed by atoms with van der Waals surface area (Å²) in [5, 5.41) is 4.84. The van der Waals surface area contributed by atoms with Gasteiger partial charge < -0.3 is 11.1 Å². The fraction of sp³-hybridized carbons (Fsp3) is 0.769. The summed E-state index contributed by atoms with van der Waals surface area (Å²) in [7, 11) is 0. The van der Waals surface area contributed by atoms with E-state index in [1.807, 2.05) is 6.92 Å². The monoisotopic (exact) mass is 253 g/mol. The number of anilines is 2. The van der Waals surface area contributed by atoms with Crippen molar-refractivity contribution >= 4 is 22.4 Å². The fourth-order valence-corrected chi connectivity index (χ4v) is 3.56. The normalized spacial score (nSPS) is 25.2. The SMILES string of the molecule is Cc1c(N)nsc1NC1CCCCC1C(C)C. The van der Waals surface area contributed by atoms with Crippen LogP contribution in [0.3, 0.4) is 0 Å². The van der Waals surface area contributed by atoms with Crippen LogP contribution in [0.15, 0.2) is 0 Å². The van der Waals surface area contributed by atoms with Crippen molar-refractivity contribution < 1.29 is 0 Å². The minimum Gasteiger partial charge on any atom is -0.383 e. The summed E-state index contributed by atoms with van der Waals surface area (Å²) in [6.45, 7) is 6.71. The first kappa shape index (κ1) is 12.7. The standard InChI is InChI=1S/C13H23N3S/c1-8(2)10-6-4-5-7-11(10)15-13-9(3)12(14)16-17-13/h8,10-11,15H,4-7H2,1-3H3,(H2,14,16). The van der Waals surface area contributed by atoms with E-state index in [2.05, 4.69) is 23.5 Å². The van der Waals surface area contributed by atoms with Crippen LogP contribution in [0.1, 0.15) is 45.1 Å². The predicted octanol–water partition coefficient (Wildman–Crippen LogP) is 3.66. The van der Waals surface area contributed by atoms with Gasteiger partial charge in [0.25, 0.3) is 0 Å². The molecule has 3 N–H and O–H groups in total. The predicted molar refractivity (Wildman–Crippen MR) is 75.5 cm³/mol. The highest BCUT2D eigenvalue weighted by Crippen LogP contribution is 2.34. The molecule has 1 aromatic rings. The van der Waals surface area contributed by atoms with Gasteiger partial charge in [-0.05, 0) is 43.1 Å². The maximum absolute atomic E-state index is 5.80. The van der Waals surface area contributed by atoms with Gasteiger partial charge in [-0.15, -0.1) is 0 Å². The Kier molecular flexibility index (Phi) is 3.92. The molecule has 96 valence electrons. The van der Waals surface area contributed by atoms with Gasteiger partial charge in [-0.3, -0.25) is 0 Å². The highest BCUT2D eigenvalue weighted by Gasteiger charge is 2.28. The Morgan fingerprint density at radius 2 is 2.06 bits per heavy atom. The number of hydrogen-bond donors (Lipinski definition) is 2. The number of nitrogens with zero attached hydrogens (tertiary/aromatic N) is 1. The van der Waals surface area contributed by atoms with E-state index in [1.165, 1.54) is 42.2 Å². The third-order valence-electron chi connectivity index (χ3n) is 3.95. The van der Waals surface area contributed by atoms with Crippen LogP contribution in [-0.4, -0.2) is 10.4 Å². The fourth-order valence-electron chi connectivity index (χ4n) is 2.79. The number of nitrogens with one attached hydrogen (secondary N) is 1. The lowest BCUT2D eigenvalue weighted by molar-refractivity contribution is 0.254. The Labute approximate surface area is 108 Å². The third-order valence-corrected chi connectivity index (χ3v) is 4.85. The van der Waals surface area contributed by atoms with Crippen LogP contribution in [0.2, 0.25) is 0 Å². The molecular weight excluding hydrogens is 230 g/mol. The van der Waals surface area contributed by atoms with Crippen molar-refractivity contribution in [2.75, 3.05) is 11.1 Å². The van der Waals surface area contributed by atoms with Crippen molar-refractivity contribution in [2.45, 2.75) is 52.5 Å². The average molecular weight is 253 g/mol. The van der Waals surface area contributed by atoms with Gasteiger partial charge in [-0.25, -0.2) is 0 Å². The van der Waals surface area contributed by atoms with E-state index in [9.17, 15) is 0 Å². The molecule has 0 amide bonds. The zero-order chi connectivity index (χ0) is 12.4. The second kappa shape index (κ2) is 5.25. The molecule has 0 aliphatic heterocycles. The summed E-state index contributed by atoms with van der Waals surface area (Å²) >= 11 is 1.50. The van der Waals surface area contributed by atoms with E-state index in [-0.39, 0.29) is 0 Å². The van der Waals surface area contributed by atoms with E-state index >= 15 is 0 Å². The van der Waals surface area contributed by atoms with Gasteiger partial charge >= 0.3 is 0 Å². The van der Waals surface area contributed by atoms with Crippen molar-refractivity contribution in [1.82, 2.24) is 4.37 Å². The first-order chi connectivity index (χ1) is 8.09. The lowest BCUT2D eigenvalue weighted by Gasteiger charge is -2.35. The van der Waals surface area contributed by atoms with Crippen molar-refractivity contribution in [1.29, 1.82) is 0 Å².